The molecule has 0 amide bonds. The molecule has 4 aliphatic rings. The van der Waals surface area contributed by atoms with Gasteiger partial charge in [-0.1, -0.05) is 6.92 Å². The summed E-state index contributed by atoms with van der Waals surface area (Å²) in [6.45, 7) is 11.8. The zero-order chi connectivity index (χ0) is 14.7. The van der Waals surface area contributed by atoms with E-state index in [1.165, 1.54) is 44.9 Å². The van der Waals surface area contributed by atoms with Gasteiger partial charge < -0.3 is 10.2 Å². The number of rotatable bonds is 3. The molecule has 1 N–H and O–H groups in total. The van der Waals surface area contributed by atoms with E-state index in [9.17, 15) is 0 Å². The molecule has 7 heteroatoms. The van der Waals surface area contributed by atoms with E-state index in [4.69, 9.17) is 0 Å². The Morgan fingerprint density at radius 2 is 1.95 bits per heavy atom. The molecular formula is C15H30IN5S. The minimum Gasteiger partial charge on any atom is -0.355 e. The fraction of sp³-hybridized carbons (Fsp3) is 0.933. The zero-order valence-corrected chi connectivity index (χ0v) is 17.0. The molecule has 0 aromatic rings. The van der Waals surface area contributed by atoms with Gasteiger partial charge in [0.15, 0.2) is 5.96 Å². The van der Waals surface area contributed by atoms with E-state index in [0.717, 1.165) is 30.8 Å². The monoisotopic (exact) mass is 439 g/mol. The SMILES string of the molecule is CCC1CN(C(=NC)NCC2CN3CCN2CC3)CCS1.I. The number of aliphatic imine (C=N–C) groups is 1. The van der Waals surface area contributed by atoms with E-state index < -0.39 is 0 Å². The van der Waals surface area contributed by atoms with Gasteiger partial charge in [-0.25, -0.2) is 0 Å². The molecule has 0 aromatic carbocycles. The van der Waals surface area contributed by atoms with E-state index in [0.29, 0.717) is 6.04 Å². The molecule has 0 saturated carbocycles. The second kappa shape index (κ2) is 8.94. The quantitative estimate of drug-likeness (QED) is 0.404. The van der Waals surface area contributed by atoms with Crippen LogP contribution in [0.2, 0.25) is 0 Å². The molecule has 0 aliphatic carbocycles. The topological polar surface area (TPSA) is 34.1 Å². The average Bonchev–Trinajstić information content (AvgIpc) is 2.57. The molecule has 4 heterocycles. The van der Waals surface area contributed by atoms with Crippen molar-refractivity contribution in [3.8, 4) is 0 Å². The summed E-state index contributed by atoms with van der Waals surface area (Å²) in [6, 6.07) is 0.658. The molecule has 128 valence electrons. The molecule has 0 radical (unpaired) electrons. The Morgan fingerprint density at radius 3 is 2.55 bits per heavy atom. The van der Waals surface area contributed by atoms with Gasteiger partial charge in [0.2, 0.25) is 0 Å². The molecule has 4 aliphatic heterocycles. The highest BCUT2D eigenvalue weighted by Gasteiger charge is 2.32. The van der Waals surface area contributed by atoms with Gasteiger partial charge in [0.1, 0.15) is 0 Å². The van der Waals surface area contributed by atoms with Gasteiger partial charge in [-0.05, 0) is 6.42 Å². The Hall–Kier alpha value is 0.270. The molecule has 4 saturated heterocycles. The fourth-order valence-corrected chi connectivity index (χ4v) is 4.80. The molecule has 4 rings (SSSR count). The van der Waals surface area contributed by atoms with Crippen LogP contribution in [0.1, 0.15) is 13.3 Å². The van der Waals surface area contributed by atoms with Crippen LogP contribution >= 0.6 is 35.7 Å². The second-order valence-electron chi connectivity index (χ2n) is 6.27. The number of halogens is 1. The van der Waals surface area contributed by atoms with Crippen LogP contribution in [0, 0.1) is 0 Å². The van der Waals surface area contributed by atoms with Crippen molar-refractivity contribution in [1.29, 1.82) is 0 Å². The third kappa shape index (κ3) is 4.42. The highest BCUT2D eigenvalue weighted by Crippen LogP contribution is 2.21. The number of nitrogens with one attached hydrogen (secondary N) is 1. The lowest BCUT2D eigenvalue weighted by Gasteiger charge is -2.47. The van der Waals surface area contributed by atoms with Crippen molar-refractivity contribution in [2.24, 2.45) is 4.99 Å². The summed E-state index contributed by atoms with van der Waals surface area (Å²) in [7, 11) is 1.92. The number of nitrogens with zero attached hydrogens (tertiary/aromatic N) is 4. The van der Waals surface area contributed by atoms with E-state index >= 15 is 0 Å². The lowest BCUT2D eigenvalue weighted by atomic mass is 10.1. The molecule has 4 fully saturated rings. The standard InChI is InChI=1S/C15H29N5S.HI/c1-3-14-12-20(8-9-21-14)15(16-2)17-10-13-11-18-4-6-19(13)7-5-18;/h13-14H,3-12H2,1-2H3,(H,16,17);1H. The summed E-state index contributed by atoms with van der Waals surface area (Å²) in [4.78, 5) is 12.2. The smallest absolute Gasteiger partial charge is 0.193 e. The predicted molar refractivity (Wildman–Crippen MR) is 107 cm³/mol. The summed E-state index contributed by atoms with van der Waals surface area (Å²) >= 11 is 2.11. The highest BCUT2D eigenvalue weighted by atomic mass is 127. The van der Waals surface area contributed by atoms with E-state index in [2.05, 4.69) is 43.7 Å². The second-order valence-corrected chi connectivity index (χ2v) is 7.67. The molecule has 2 bridgehead atoms. The molecule has 2 atom stereocenters. The maximum Gasteiger partial charge on any atom is 0.193 e. The summed E-state index contributed by atoms with van der Waals surface area (Å²) < 4.78 is 0. The van der Waals surface area contributed by atoms with Gasteiger partial charge in [0.25, 0.3) is 0 Å². The minimum absolute atomic E-state index is 0. The van der Waals surface area contributed by atoms with Crippen LogP contribution in [0.25, 0.3) is 0 Å². The highest BCUT2D eigenvalue weighted by molar-refractivity contribution is 14.0. The Balaban J connectivity index is 0.00000176. The molecule has 0 aromatic heterocycles. The van der Waals surface area contributed by atoms with E-state index in [1.54, 1.807) is 0 Å². The van der Waals surface area contributed by atoms with Crippen molar-refractivity contribution in [3.63, 3.8) is 0 Å². The summed E-state index contributed by atoms with van der Waals surface area (Å²) in [5.74, 6) is 2.33. The first-order chi connectivity index (χ1) is 10.3. The van der Waals surface area contributed by atoms with Gasteiger partial charge in [-0.15, -0.1) is 24.0 Å². The molecule has 0 spiro atoms. The van der Waals surface area contributed by atoms with Gasteiger partial charge in [-0.3, -0.25) is 14.8 Å². The third-order valence-corrected chi connectivity index (χ3v) is 6.37. The van der Waals surface area contributed by atoms with Crippen molar-refractivity contribution in [2.75, 3.05) is 65.2 Å². The first-order valence-corrected chi connectivity index (χ1v) is 9.38. The van der Waals surface area contributed by atoms with E-state index in [-0.39, 0.29) is 24.0 Å². The van der Waals surface area contributed by atoms with Gasteiger partial charge in [0.05, 0.1) is 0 Å². The number of hydrogen-bond acceptors (Lipinski definition) is 4. The molecule has 22 heavy (non-hydrogen) atoms. The van der Waals surface area contributed by atoms with Crippen LogP contribution in [0.5, 0.6) is 0 Å². The first-order valence-electron chi connectivity index (χ1n) is 8.33. The Morgan fingerprint density at radius 1 is 1.18 bits per heavy atom. The summed E-state index contributed by atoms with van der Waals surface area (Å²) in [5.41, 5.74) is 0. The zero-order valence-electron chi connectivity index (χ0n) is 13.8. The fourth-order valence-electron chi connectivity index (χ4n) is 3.62. The molecular weight excluding hydrogens is 409 g/mol. The Kier molecular flexibility index (Phi) is 7.56. The lowest BCUT2D eigenvalue weighted by Crippen LogP contribution is -2.64. The van der Waals surface area contributed by atoms with Gasteiger partial charge >= 0.3 is 0 Å². The van der Waals surface area contributed by atoms with Crippen LogP contribution in [-0.2, 0) is 0 Å². The van der Waals surface area contributed by atoms with Crippen LogP contribution < -0.4 is 5.32 Å². The number of guanidine groups is 1. The summed E-state index contributed by atoms with van der Waals surface area (Å²) in [5, 5.41) is 4.40. The third-order valence-electron chi connectivity index (χ3n) is 4.99. The van der Waals surface area contributed by atoms with Crippen LogP contribution in [0.4, 0.5) is 0 Å². The van der Waals surface area contributed by atoms with Gasteiger partial charge in [-0.2, -0.15) is 11.8 Å². The molecule has 5 nitrogen and oxygen atoms in total. The average molecular weight is 439 g/mol. The van der Waals surface area contributed by atoms with Crippen molar-refractivity contribution in [3.05, 3.63) is 0 Å². The molecule has 2 unspecified atom stereocenters. The van der Waals surface area contributed by atoms with Crippen molar-refractivity contribution in [1.82, 2.24) is 20.0 Å². The number of fused-ring (bicyclic) bond motifs is 3. The minimum atomic E-state index is 0. The van der Waals surface area contributed by atoms with E-state index in [1.807, 2.05) is 7.05 Å². The lowest BCUT2D eigenvalue weighted by molar-refractivity contribution is 0.0152. The number of hydrogen-bond donors (Lipinski definition) is 1. The maximum absolute atomic E-state index is 4.52. The van der Waals surface area contributed by atoms with Crippen molar-refractivity contribution in [2.45, 2.75) is 24.6 Å². The van der Waals surface area contributed by atoms with Crippen LogP contribution in [0.3, 0.4) is 0 Å². The number of piperazine rings is 3. The van der Waals surface area contributed by atoms with Crippen LogP contribution in [-0.4, -0.2) is 97.1 Å². The Bertz CT molecular complexity index is 373. The Labute approximate surface area is 156 Å². The first kappa shape index (κ1) is 18.6. The maximum atomic E-state index is 4.52. The van der Waals surface area contributed by atoms with Crippen LogP contribution in [0.15, 0.2) is 4.99 Å². The van der Waals surface area contributed by atoms with Crippen molar-refractivity contribution >= 4 is 41.7 Å². The largest absolute Gasteiger partial charge is 0.355 e. The van der Waals surface area contributed by atoms with Gasteiger partial charge in [0, 0.05) is 76.5 Å². The predicted octanol–water partition coefficient (Wildman–Crippen LogP) is 1.01. The number of thioether (sulfide) groups is 1. The van der Waals surface area contributed by atoms with Crippen molar-refractivity contribution < 1.29 is 0 Å². The normalized spacial score (nSPS) is 35.2. The summed E-state index contributed by atoms with van der Waals surface area (Å²) in [6.07, 6.45) is 1.25.